The van der Waals surface area contributed by atoms with E-state index in [-0.39, 0.29) is 11.4 Å². The Morgan fingerprint density at radius 1 is 1.06 bits per heavy atom. The molecule has 0 spiro atoms. The van der Waals surface area contributed by atoms with Crippen LogP contribution < -0.4 is 11.3 Å². The van der Waals surface area contributed by atoms with Gasteiger partial charge in [0.25, 0.3) is 5.56 Å². The third-order valence-corrected chi connectivity index (χ3v) is 5.58. The Hall–Kier alpha value is -3.78. The summed E-state index contributed by atoms with van der Waals surface area (Å²) in [6, 6.07) is 13.6. The molecule has 0 atom stereocenters. The van der Waals surface area contributed by atoms with Gasteiger partial charge in [-0.05, 0) is 48.5 Å². The predicted molar refractivity (Wildman–Crippen MR) is 117 cm³/mol. The summed E-state index contributed by atoms with van der Waals surface area (Å²) in [5.74, 6) is 0.285. The van der Waals surface area contributed by atoms with E-state index in [4.69, 9.17) is 10.7 Å². The first-order valence-electron chi connectivity index (χ1n) is 10.1. The van der Waals surface area contributed by atoms with E-state index < -0.39 is 0 Å². The van der Waals surface area contributed by atoms with Gasteiger partial charge in [-0.15, -0.1) is 0 Å². The van der Waals surface area contributed by atoms with Crippen molar-refractivity contribution in [3.05, 3.63) is 87.7 Å². The van der Waals surface area contributed by atoms with Crippen molar-refractivity contribution < 1.29 is 4.39 Å². The fourth-order valence-corrected chi connectivity index (χ4v) is 3.93. The van der Waals surface area contributed by atoms with Crippen LogP contribution in [0.4, 0.5) is 10.1 Å². The molecule has 31 heavy (non-hydrogen) atoms. The van der Waals surface area contributed by atoms with Crippen LogP contribution in [0.3, 0.4) is 0 Å². The van der Waals surface area contributed by atoms with Crippen molar-refractivity contribution in [2.45, 2.75) is 19.5 Å². The van der Waals surface area contributed by atoms with Crippen LogP contribution in [0, 0.1) is 5.82 Å². The molecule has 0 amide bonds. The Labute approximate surface area is 177 Å². The average molecular weight is 416 g/mol. The first-order valence-corrected chi connectivity index (χ1v) is 10.1. The van der Waals surface area contributed by atoms with E-state index in [1.165, 1.54) is 12.1 Å². The number of aromatic amines is 2. The smallest absolute Gasteiger partial charge is 0.255 e. The minimum atomic E-state index is -0.275. The lowest BCUT2D eigenvalue weighted by Gasteiger charge is -2.27. The molecule has 1 aliphatic heterocycles. The number of nitrogens with zero attached hydrogens (tertiary/aromatic N) is 3. The maximum Gasteiger partial charge on any atom is 0.255 e. The molecule has 0 saturated heterocycles. The number of hydrogen-bond acceptors (Lipinski definition) is 5. The molecule has 8 heteroatoms. The Kier molecular flexibility index (Phi) is 4.83. The second kappa shape index (κ2) is 7.81. The van der Waals surface area contributed by atoms with Crippen molar-refractivity contribution in [2.75, 3.05) is 12.3 Å². The van der Waals surface area contributed by atoms with Gasteiger partial charge < -0.3 is 10.7 Å². The summed E-state index contributed by atoms with van der Waals surface area (Å²) in [5, 5.41) is 7.17. The van der Waals surface area contributed by atoms with E-state index in [0.29, 0.717) is 36.6 Å². The molecule has 0 fully saturated rings. The zero-order valence-electron chi connectivity index (χ0n) is 16.7. The molecule has 0 saturated carbocycles. The molecular formula is C23H21FN6O. The van der Waals surface area contributed by atoms with Gasteiger partial charge in [-0.3, -0.25) is 14.8 Å². The van der Waals surface area contributed by atoms with Crippen molar-refractivity contribution >= 4 is 5.69 Å². The summed E-state index contributed by atoms with van der Waals surface area (Å²) in [5.41, 5.74) is 11.4. The van der Waals surface area contributed by atoms with Gasteiger partial charge >= 0.3 is 0 Å². The molecule has 4 N–H and O–H groups in total. The number of aromatic nitrogens is 4. The molecule has 5 rings (SSSR count). The van der Waals surface area contributed by atoms with Crippen LogP contribution in [0.2, 0.25) is 0 Å². The van der Waals surface area contributed by atoms with Crippen LogP contribution in [-0.2, 0) is 19.5 Å². The molecule has 2 aromatic heterocycles. The summed E-state index contributed by atoms with van der Waals surface area (Å²) in [6.07, 6.45) is 2.46. The summed E-state index contributed by atoms with van der Waals surface area (Å²) in [4.78, 5) is 22.6. The monoisotopic (exact) mass is 416 g/mol. The summed E-state index contributed by atoms with van der Waals surface area (Å²) in [7, 11) is 0. The maximum absolute atomic E-state index is 13.3. The zero-order chi connectivity index (χ0) is 21.4. The van der Waals surface area contributed by atoms with Crippen molar-refractivity contribution in [2.24, 2.45) is 0 Å². The molecule has 156 valence electrons. The fraction of sp³-hybridized carbons (Fsp3) is 0.174. The number of anilines is 1. The molecule has 3 heterocycles. The van der Waals surface area contributed by atoms with Crippen LogP contribution >= 0.6 is 0 Å². The molecule has 4 aromatic rings. The molecule has 2 aromatic carbocycles. The molecule has 1 aliphatic rings. The van der Waals surface area contributed by atoms with Crippen LogP contribution in [0.15, 0.2) is 59.5 Å². The number of nitrogens with two attached hydrogens (primary N) is 1. The van der Waals surface area contributed by atoms with E-state index in [2.05, 4.69) is 20.1 Å². The van der Waals surface area contributed by atoms with E-state index in [9.17, 15) is 9.18 Å². The SMILES string of the molecule is Nc1ccc(-c2nc3c(c(=O)[nH]2)CN(Cc2cn[nH]c2-c2ccc(F)cc2)CC3)cc1. The lowest BCUT2D eigenvalue weighted by atomic mass is 10.0. The first-order chi connectivity index (χ1) is 15.1. The highest BCUT2D eigenvalue weighted by atomic mass is 19.1. The van der Waals surface area contributed by atoms with Crippen molar-refractivity contribution in [1.82, 2.24) is 25.1 Å². The minimum absolute atomic E-state index is 0.118. The zero-order valence-corrected chi connectivity index (χ0v) is 16.7. The van der Waals surface area contributed by atoms with E-state index in [1.54, 1.807) is 30.5 Å². The van der Waals surface area contributed by atoms with Gasteiger partial charge in [0.15, 0.2) is 0 Å². The van der Waals surface area contributed by atoms with Gasteiger partial charge in [-0.1, -0.05) is 0 Å². The quantitative estimate of drug-likeness (QED) is 0.444. The Morgan fingerprint density at radius 3 is 2.58 bits per heavy atom. The van der Waals surface area contributed by atoms with Gasteiger partial charge in [0.1, 0.15) is 11.6 Å². The second-order valence-corrected chi connectivity index (χ2v) is 7.70. The number of halogens is 1. The van der Waals surface area contributed by atoms with Crippen molar-refractivity contribution in [3.63, 3.8) is 0 Å². The summed E-state index contributed by atoms with van der Waals surface area (Å²) >= 11 is 0. The standard InChI is InChI=1S/C23H21FN6O/c24-17-5-1-14(2-6-17)21-16(11-26-29-21)12-30-10-9-20-19(13-30)23(31)28-22(27-20)15-3-7-18(25)8-4-15/h1-8,11H,9-10,12-13,25H2,(H,26,29)(H,27,28,31). The van der Waals surface area contributed by atoms with Crippen molar-refractivity contribution in [3.8, 4) is 22.6 Å². The molecule has 0 radical (unpaired) electrons. The highest BCUT2D eigenvalue weighted by molar-refractivity contribution is 5.62. The number of nitrogen functional groups attached to an aromatic ring is 1. The van der Waals surface area contributed by atoms with Crippen LogP contribution in [0.5, 0.6) is 0 Å². The normalized spacial score (nSPS) is 13.8. The van der Waals surface area contributed by atoms with Crippen LogP contribution in [0.1, 0.15) is 16.8 Å². The van der Waals surface area contributed by atoms with Crippen molar-refractivity contribution in [1.29, 1.82) is 0 Å². The Balaban J connectivity index is 1.37. The van der Waals surface area contributed by atoms with E-state index in [1.807, 2.05) is 12.1 Å². The maximum atomic E-state index is 13.3. The number of rotatable bonds is 4. The third-order valence-electron chi connectivity index (χ3n) is 5.58. The first kappa shape index (κ1) is 19.2. The fourth-order valence-electron chi connectivity index (χ4n) is 3.93. The minimum Gasteiger partial charge on any atom is -0.399 e. The lowest BCUT2D eigenvalue weighted by molar-refractivity contribution is 0.242. The van der Waals surface area contributed by atoms with Crippen LogP contribution in [0.25, 0.3) is 22.6 Å². The highest BCUT2D eigenvalue weighted by Gasteiger charge is 2.23. The van der Waals surface area contributed by atoms with E-state index >= 15 is 0 Å². The average Bonchev–Trinajstić information content (AvgIpc) is 3.23. The largest absolute Gasteiger partial charge is 0.399 e. The number of nitrogens with one attached hydrogen (secondary N) is 2. The van der Waals surface area contributed by atoms with Gasteiger partial charge in [-0.2, -0.15) is 5.10 Å². The lowest BCUT2D eigenvalue weighted by Crippen LogP contribution is -2.35. The number of H-pyrrole nitrogens is 2. The summed E-state index contributed by atoms with van der Waals surface area (Å²) < 4.78 is 13.3. The van der Waals surface area contributed by atoms with Gasteiger partial charge in [-0.25, -0.2) is 9.37 Å². The second-order valence-electron chi connectivity index (χ2n) is 7.70. The molecule has 0 aliphatic carbocycles. The summed E-state index contributed by atoms with van der Waals surface area (Å²) in [6.45, 7) is 1.91. The Morgan fingerprint density at radius 2 is 1.81 bits per heavy atom. The van der Waals surface area contributed by atoms with Gasteiger partial charge in [0, 0.05) is 48.4 Å². The Bertz CT molecular complexity index is 1280. The van der Waals surface area contributed by atoms with E-state index in [0.717, 1.165) is 34.6 Å². The topological polar surface area (TPSA) is 104 Å². The molecule has 0 unspecified atom stereocenters. The van der Waals surface area contributed by atoms with Gasteiger partial charge in [0.2, 0.25) is 0 Å². The molecule has 0 bridgehead atoms. The molecular weight excluding hydrogens is 395 g/mol. The van der Waals surface area contributed by atoms with Crippen LogP contribution in [-0.4, -0.2) is 31.6 Å². The molecule has 7 nitrogen and oxygen atoms in total. The number of hydrogen-bond donors (Lipinski definition) is 3. The van der Waals surface area contributed by atoms with Gasteiger partial charge in [0.05, 0.1) is 23.1 Å². The third kappa shape index (κ3) is 3.85. The number of benzene rings is 2. The number of fused-ring (bicyclic) bond motifs is 1. The highest BCUT2D eigenvalue weighted by Crippen LogP contribution is 2.25. The predicted octanol–water partition coefficient (Wildman–Crippen LogP) is 3.11.